The topological polar surface area (TPSA) is 12.0 Å². The summed E-state index contributed by atoms with van der Waals surface area (Å²) in [5.41, 5.74) is 1.57. The van der Waals surface area contributed by atoms with Gasteiger partial charge in [-0.05, 0) is 37.0 Å². The highest BCUT2D eigenvalue weighted by atomic mass is 15.0. The Kier molecular flexibility index (Phi) is 1.47. The maximum atomic E-state index is 3.69. The molecule has 70 valence electrons. The molecule has 12 heavy (non-hydrogen) atoms. The smallest absolute Gasteiger partial charge is 0.0164 e. The van der Waals surface area contributed by atoms with Crippen LogP contribution in [0, 0.1) is 10.8 Å². The van der Waals surface area contributed by atoms with Crippen LogP contribution in [0.25, 0.3) is 0 Å². The van der Waals surface area contributed by atoms with Crippen molar-refractivity contribution in [3.63, 3.8) is 0 Å². The Bertz CT molecular complexity index is 189. The van der Waals surface area contributed by atoms with Gasteiger partial charge in [-0.2, -0.15) is 0 Å². The number of hydrogen-bond donors (Lipinski definition) is 1. The Morgan fingerprint density at radius 3 is 2.17 bits per heavy atom. The third kappa shape index (κ3) is 1.28. The van der Waals surface area contributed by atoms with Gasteiger partial charge in [0.15, 0.2) is 0 Å². The maximum Gasteiger partial charge on any atom is 0.0164 e. The van der Waals surface area contributed by atoms with E-state index in [9.17, 15) is 0 Å². The van der Waals surface area contributed by atoms with Crippen LogP contribution in [0.4, 0.5) is 0 Å². The van der Waals surface area contributed by atoms with Crippen LogP contribution in [0.5, 0.6) is 0 Å². The Labute approximate surface area is 75.9 Å². The summed E-state index contributed by atoms with van der Waals surface area (Å²) >= 11 is 0. The lowest BCUT2D eigenvalue weighted by molar-refractivity contribution is 0.0986. The van der Waals surface area contributed by atoms with Gasteiger partial charge in [-0.25, -0.2) is 0 Å². The normalized spacial score (nSPS) is 51.0. The van der Waals surface area contributed by atoms with Crippen molar-refractivity contribution in [2.45, 2.75) is 52.5 Å². The minimum atomic E-state index is 0.441. The van der Waals surface area contributed by atoms with Gasteiger partial charge in [-0.15, -0.1) is 0 Å². The second-order valence-electron chi connectivity index (χ2n) is 6.42. The Morgan fingerprint density at radius 2 is 1.58 bits per heavy atom. The zero-order valence-electron chi connectivity index (χ0n) is 8.83. The molecular formula is C11H21N. The summed E-state index contributed by atoms with van der Waals surface area (Å²) < 4.78 is 0. The molecule has 2 bridgehead atoms. The van der Waals surface area contributed by atoms with Gasteiger partial charge in [0, 0.05) is 12.1 Å². The van der Waals surface area contributed by atoms with Crippen molar-refractivity contribution in [3.8, 4) is 0 Å². The first-order valence-electron chi connectivity index (χ1n) is 5.08. The first-order valence-corrected chi connectivity index (χ1v) is 5.08. The van der Waals surface area contributed by atoms with E-state index < -0.39 is 0 Å². The van der Waals surface area contributed by atoms with Crippen LogP contribution in [-0.2, 0) is 0 Å². The summed E-state index contributed by atoms with van der Waals surface area (Å²) in [6.45, 7) is 10.9. The Morgan fingerprint density at radius 1 is 0.917 bits per heavy atom. The van der Waals surface area contributed by atoms with Crippen molar-refractivity contribution >= 4 is 0 Å². The van der Waals surface area contributed by atoms with Crippen molar-refractivity contribution in [2.75, 3.05) is 6.54 Å². The molecule has 1 saturated carbocycles. The van der Waals surface area contributed by atoms with E-state index in [1.807, 2.05) is 0 Å². The first kappa shape index (κ1) is 8.55. The Balaban J connectivity index is 2.27. The third-order valence-corrected chi connectivity index (χ3v) is 3.53. The van der Waals surface area contributed by atoms with Crippen LogP contribution in [-0.4, -0.2) is 12.1 Å². The van der Waals surface area contributed by atoms with E-state index in [0.29, 0.717) is 16.4 Å². The SMILES string of the molecule is CC1(C)CC2(C)CNC(C)(C1)C2. The molecule has 2 fully saturated rings. The van der Waals surface area contributed by atoms with E-state index in [2.05, 4.69) is 33.0 Å². The highest BCUT2D eigenvalue weighted by molar-refractivity contribution is 5.07. The highest BCUT2D eigenvalue weighted by Crippen LogP contribution is 2.53. The average molecular weight is 167 g/mol. The van der Waals surface area contributed by atoms with Gasteiger partial charge < -0.3 is 5.32 Å². The summed E-state index contributed by atoms with van der Waals surface area (Å²) in [4.78, 5) is 0. The highest BCUT2D eigenvalue weighted by Gasteiger charge is 2.51. The van der Waals surface area contributed by atoms with Crippen LogP contribution < -0.4 is 5.32 Å². The van der Waals surface area contributed by atoms with E-state index in [-0.39, 0.29) is 0 Å². The molecular weight excluding hydrogens is 146 g/mol. The molecule has 0 amide bonds. The monoisotopic (exact) mass is 167 g/mol. The zero-order valence-corrected chi connectivity index (χ0v) is 8.83. The van der Waals surface area contributed by atoms with Crippen LogP contribution in [0.2, 0.25) is 0 Å². The van der Waals surface area contributed by atoms with Gasteiger partial charge in [0.05, 0.1) is 0 Å². The van der Waals surface area contributed by atoms with Crippen LogP contribution in [0.1, 0.15) is 47.0 Å². The predicted octanol–water partition coefficient (Wildman–Crippen LogP) is 2.56. The molecule has 2 aliphatic rings. The number of hydrogen-bond acceptors (Lipinski definition) is 1. The molecule has 1 aliphatic heterocycles. The lowest BCUT2D eigenvalue weighted by Gasteiger charge is -2.44. The molecule has 2 unspecified atom stereocenters. The first-order chi connectivity index (χ1) is 5.33. The summed E-state index contributed by atoms with van der Waals surface area (Å²) in [5, 5.41) is 3.69. The van der Waals surface area contributed by atoms with Crippen LogP contribution in [0.3, 0.4) is 0 Å². The van der Waals surface area contributed by atoms with Crippen molar-refractivity contribution in [3.05, 3.63) is 0 Å². The molecule has 1 nitrogen and oxygen atoms in total. The van der Waals surface area contributed by atoms with Crippen LogP contribution >= 0.6 is 0 Å². The minimum absolute atomic E-state index is 0.441. The van der Waals surface area contributed by atoms with Gasteiger partial charge >= 0.3 is 0 Å². The fourth-order valence-corrected chi connectivity index (χ4v) is 4.02. The lowest BCUT2D eigenvalue weighted by Crippen LogP contribution is -2.42. The van der Waals surface area contributed by atoms with E-state index in [1.54, 1.807) is 0 Å². The van der Waals surface area contributed by atoms with Gasteiger partial charge in [0.25, 0.3) is 0 Å². The molecule has 2 atom stereocenters. The fourth-order valence-electron chi connectivity index (χ4n) is 4.02. The molecule has 0 aromatic carbocycles. The van der Waals surface area contributed by atoms with E-state index in [1.165, 1.54) is 25.8 Å². The zero-order chi connectivity index (χ0) is 9.04. The third-order valence-electron chi connectivity index (χ3n) is 3.53. The van der Waals surface area contributed by atoms with Crippen molar-refractivity contribution < 1.29 is 0 Å². The standard InChI is InChI=1S/C11H21N/c1-9(2)5-10(3)7-11(4,6-9)12-8-10/h12H,5-8H2,1-4H3. The summed E-state index contributed by atoms with van der Waals surface area (Å²) in [5.74, 6) is 0. The molecule has 0 aromatic heterocycles. The molecule has 1 aliphatic carbocycles. The van der Waals surface area contributed by atoms with Gasteiger partial charge in [-0.1, -0.05) is 20.8 Å². The van der Waals surface area contributed by atoms with Crippen molar-refractivity contribution in [1.82, 2.24) is 5.32 Å². The van der Waals surface area contributed by atoms with Crippen molar-refractivity contribution in [1.29, 1.82) is 0 Å². The second-order valence-corrected chi connectivity index (χ2v) is 6.42. The number of nitrogens with one attached hydrogen (secondary N) is 1. The second kappa shape index (κ2) is 2.06. The predicted molar refractivity (Wildman–Crippen MR) is 52.1 cm³/mol. The van der Waals surface area contributed by atoms with E-state index >= 15 is 0 Å². The molecule has 0 spiro atoms. The van der Waals surface area contributed by atoms with Gasteiger partial charge in [-0.3, -0.25) is 0 Å². The van der Waals surface area contributed by atoms with E-state index in [4.69, 9.17) is 0 Å². The summed E-state index contributed by atoms with van der Waals surface area (Å²) in [6, 6.07) is 0. The molecule has 1 heterocycles. The fraction of sp³-hybridized carbons (Fsp3) is 1.00. The van der Waals surface area contributed by atoms with E-state index in [0.717, 1.165) is 0 Å². The average Bonchev–Trinajstić information content (AvgIpc) is 1.98. The lowest BCUT2D eigenvalue weighted by atomic mass is 9.61. The maximum absolute atomic E-state index is 3.69. The molecule has 2 rings (SSSR count). The molecule has 1 saturated heterocycles. The van der Waals surface area contributed by atoms with Crippen molar-refractivity contribution in [2.24, 2.45) is 10.8 Å². The molecule has 1 heteroatoms. The van der Waals surface area contributed by atoms with Crippen LogP contribution in [0.15, 0.2) is 0 Å². The summed E-state index contributed by atoms with van der Waals surface area (Å²) in [6.07, 6.45) is 4.11. The molecule has 0 radical (unpaired) electrons. The minimum Gasteiger partial charge on any atom is -0.311 e. The quantitative estimate of drug-likeness (QED) is 0.584. The largest absolute Gasteiger partial charge is 0.311 e. The number of rotatable bonds is 0. The molecule has 0 aromatic rings. The van der Waals surface area contributed by atoms with Gasteiger partial charge in [0.2, 0.25) is 0 Å². The number of fused-ring (bicyclic) bond motifs is 2. The van der Waals surface area contributed by atoms with Gasteiger partial charge in [0.1, 0.15) is 0 Å². The Hall–Kier alpha value is -0.0400. The molecule has 1 N–H and O–H groups in total. The summed E-state index contributed by atoms with van der Waals surface area (Å²) in [7, 11) is 0.